The maximum atomic E-state index is 11.9. The Balaban J connectivity index is 2.19. The summed E-state index contributed by atoms with van der Waals surface area (Å²) in [6.07, 6.45) is 0.955. The van der Waals surface area contributed by atoms with E-state index in [1.807, 2.05) is 19.2 Å². The number of methoxy groups -OCH3 is 1. The van der Waals surface area contributed by atoms with Gasteiger partial charge in [-0.25, -0.2) is 0 Å². The van der Waals surface area contributed by atoms with Crippen molar-refractivity contribution in [1.82, 2.24) is 9.80 Å². The molecular weight excluding hydrogens is 268 g/mol. The molecular formula is C16H22N2O3. The molecule has 1 aromatic carbocycles. The Morgan fingerprint density at radius 1 is 1.33 bits per heavy atom. The molecule has 5 heteroatoms. The second kappa shape index (κ2) is 6.72. The van der Waals surface area contributed by atoms with Crippen molar-refractivity contribution in [1.29, 1.82) is 0 Å². The maximum absolute atomic E-state index is 11.9. The van der Waals surface area contributed by atoms with Crippen molar-refractivity contribution in [3.05, 3.63) is 29.3 Å². The summed E-state index contributed by atoms with van der Waals surface area (Å²) in [6, 6.07) is 5.45. The highest BCUT2D eigenvalue weighted by Crippen LogP contribution is 2.22. The van der Waals surface area contributed by atoms with Gasteiger partial charge in [-0.1, -0.05) is 0 Å². The molecule has 5 nitrogen and oxygen atoms in total. The van der Waals surface area contributed by atoms with Crippen molar-refractivity contribution < 1.29 is 14.3 Å². The van der Waals surface area contributed by atoms with Crippen molar-refractivity contribution in [3.63, 3.8) is 0 Å². The highest BCUT2D eigenvalue weighted by atomic mass is 16.5. The summed E-state index contributed by atoms with van der Waals surface area (Å²) in [5.41, 5.74) is 1.62. The van der Waals surface area contributed by atoms with Crippen LogP contribution in [0.2, 0.25) is 0 Å². The summed E-state index contributed by atoms with van der Waals surface area (Å²) in [7, 11) is 3.45. The molecule has 1 aliphatic rings. The van der Waals surface area contributed by atoms with Crippen LogP contribution in [0.4, 0.5) is 0 Å². The molecule has 1 saturated heterocycles. The zero-order valence-electron chi connectivity index (χ0n) is 12.9. The molecule has 1 amide bonds. The van der Waals surface area contributed by atoms with Crippen molar-refractivity contribution in [2.24, 2.45) is 0 Å². The average molecular weight is 290 g/mol. The first-order valence-electron chi connectivity index (χ1n) is 7.15. The molecule has 0 unspecified atom stereocenters. The van der Waals surface area contributed by atoms with Gasteiger partial charge >= 0.3 is 0 Å². The molecule has 1 aliphatic heterocycles. The number of carbonyl (C=O) groups excluding carboxylic acids is 2. The van der Waals surface area contributed by atoms with Crippen LogP contribution >= 0.6 is 0 Å². The van der Waals surface area contributed by atoms with Gasteiger partial charge in [-0.15, -0.1) is 0 Å². The van der Waals surface area contributed by atoms with E-state index < -0.39 is 0 Å². The van der Waals surface area contributed by atoms with Gasteiger partial charge in [0, 0.05) is 37.8 Å². The van der Waals surface area contributed by atoms with Gasteiger partial charge in [0.25, 0.3) is 0 Å². The molecule has 21 heavy (non-hydrogen) atoms. The van der Waals surface area contributed by atoms with E-state index in [1.165, 1.54) is 0 Å². The van der Waals surface area contributed by atoms with Gasteiger partial charge < -0.3 is 9.64 Å². The molecule has 1 fully saturated rings. The van der Waals surface area contributed by atoms with Crippen LogP contribution in [0.1, 0.15) is 29.3 Å². The number of ether oxygens (including phenoxy) is 1. The fourth-order valence-electron chi connectivity index (χ4n) is 2.54. The highest BCUT2D eigenvalue weighted by Gasteiger charge is 2.20. The summed E-state index contributed by atoms with van der Waals surface area (Å²) in [5.74, 6) is 0.921. The largest absolute Gasteiger partial charge is 0.496 e. The van der Waals surface area contributed by atoms with E-state index in [-0.39, 0.29) is 11.7 Å². The molecule has 1 heterocycles. The lowest BCUT2D eigenvalue weighted by Crippen LogP contribution is -2.34. The lowest BCUT2D eigenvalue weighted by molar-refractivity contribution is -0.130. The summed E-state index contributed by atoms with van der Waals surface area (Å²) >= 11 is 0. The van der Waals surface area contributed by atoms with E-state index in [0.717, 1.165) is 30.8 Å². The number of ketones is 1. The number of benzene rings is 1. The van der Waals surface area contributed by atoms with Gasteiger partial charge in [0.05, 0.1) is 13.7 Å². The van der Waals surface area contributed by atoms with Crippen molar-refractivity contribution in [2.45, 2.75) is 19.9 Å². The van der Waals surface area contributed by atoms with Gasteiger partial charge in [0.15, 0.2) is 5.78 Å². The second-order valence-corrected chi connectivity index (χ2v) is 5.46. The Hall–Kier alpha value is -1.88. The van der Waals surface area contributed by atoms with Crippen molar-refractivity contribution >= 4 is 11.7 Å². The molecule has 0 bridgehead atoms. The quantitative estimate of drug-likeness (QED) is 0.790. The summed E-state index contributed by atoms with van der Waals surface area (Å²) in [6.45, 7) is 4.23. The molecule has 0 aromatic heterocycles. The van der Waals surface area contributed by atoms with Crippen LogP contribution in [-0.2, 0) is 11.3 Å². The maximum Gasteiger partial charge on any atom is 0.236 e. The van der Waals surface area contributed by atoms with Crippen LogP contribution in [0.3, 0.4) is 0 Å². The van der Waals surface area contributed by atoms with Crippen LogP contribution in [0.5, 0.6) is 5.75 Å². The van der Waals surface area contributed by atoms with Crippen LogP contribution in [0.15, 0.2) is 18.2 Å². The zero-order chi connectivity index (χ0) is 15.4. The number of nitrogens with zero attached hydrogens (tertiary/aromatic N) is 2. The first-order valence-corrected chi connectivity index (χ1v) is 7.15. The van der Waals surface area contributed by atoms with Crippen molar-refractivity contribution in [3.8, 4) is 5.75 Å². The van der Waals surface area contributed by atoms with Crippen LogP contribution < -0.4 is 4.74 Å². The van der Waals surface area contributed by atoms with E-state index in [9.17, 15) is 9.59 Å². The lowest BCUT2D eigenvalue weighted by Gasteiger charge is -2.21. The highest BCUT2D eigenvalue weighted by molar-refractivity contribution is 5.94. The molecule has 0 radical (unpaired) electrons. The number of rotatable bonds is 4. The number of Topliss-reactive ketones (excluding diaryl/α,β-unsaturated/α-hetero) is 1. The third-order valence-corrected chi connectivity index (χ3v) is 3.83. The first kappa shape index (κ1) is 15.5. The molecule has 1 aromatic rings. The predicted molar refractivity (Wildman–Crippen MR) is 80.5 cm³/mol. The molecule has 0 spiro atoms. The standard InChI is InChI=1S/C16H22N2O3/c1-12(19)13-5-6-15(21-3)14(9-13)10-18-8-4-7-17(2)16(20)11-18/h5-6,9H,4,7-8,10-11H2,1-3H3. The number of amides is 1. The smallest absolute Gasteiger partial charge is 0.236 e. The third-order valence-electron chi connectivity index (χ3n) is 3.83. The van der Waals surface area contributed by atoms with Gasteiger partial charge in [0.2, 0.25) is 5.91 Å². The van der Waals surface area contributed by atoms with Crippen LogP contribution in [0.25, 0.3) is 0 Å². The van der Waals surface area contributed by atoms with E-state index >= 15 is 0 Å². The zero-order valence-corrected chi connectivity index (χ0v) is 12.9. The number of hydrogen-bond donors (Lipinski definition) is 0. The Morgan fingerprint density at radius 3 is 2.76 bits per heavy atom. The molecule has 114 valence electrons. The summed E-state index contributed by atoms with van der Waals surface area (Å²) in [4.78, 5) is 27.3. The van der Waals surface area contributed by atoms with E-state index in [4.69, 9.17) is 4.74 Å². The molecule has 0 atom stereocenters. The molecule has 2 rings (SSSR count). The topological polar surface area (TPSA) is 49.9 Å². The second-order valence-electron chi connectivity index (χ2n) is 5.46. The van der Waals surface area contributed by atoms with Crippen molar-refractivity contribution in [2.75, 3.05) is 33.8 Å². The van der Waals surface area contributed by atoms with Gasteiger partial charge in [0.1, 0.15) is 5.75 Å². The minimum atomic E-state index is 0.0329. The SMILES string of the molecule is COc1ccc(C(C)=O)cc1CN1CCCN(C)C(=O)C1. The Morgan fingerprint density at radius 2 is 2.10 bits per heavy atom. The van der Waals surface area contributed by atoms with E-state index in [0.29, 0.717) is 18.7 Å². The lowest BCUT2D eigenvalue weighted by atomic mass is 10.1. The fraction of sp³-hybridized carbons (Fsp3) is 0.500. The average Bonchev–Trinajstić information content (AvgIpc) is 2.61. The number of hydrogen-bond acceptors (Lipinski definition) is 4. The van der Waals surface area contributed by atoms with Crippen LogP contribution in [-0.4, -0.2) is 55.3 Å². The monoisotopic (exact) mass is 290 g/mol. The molecule has 0 N–H and O–H groups in total. The van der Waals surface area contributed by atoms with Gasteiger partial charge in [-0.05, 0) is 31.5 Å². The van der Waals surface area contributed by atoms with E-state index in [1.54, 1.807) is 25.0 Å². The predicted octanol–water partition coefficient (Wildman–Crippen LogP) is 1.56. The molecule has 0 aliphatic carbocycles. The first-order chi connectivity index (χ1) is 10.0. The minimum absolute atomic E-state index is 0.0329. The minimum Gasteiger partial charge on any atom is -0.496 e. The van der Waals surface area contributed by atoms with Crippen LogP contribution in [0, 0.1) is 0 Å². The number of carbonyl (C=O) groups is 2. The van der Waals surface area contributed by atoms with Gasteiger partial charge in [-0.3, -0.25) is 14.5 Å². The summed E-state index contributed by atoms with van der Waals surface area (Å²) < 4.78 is 5.37. The Labute approximate surface area is 125 Å². The fourth-order valence-corrected chi connectivity index (χ4v) is 2.54. The summed E-state index contributed by atoms with van der Waals surface area (Å²) in [5, 5.41) is 0. The van der Waals surface area contributed by atoms with Gasteiger partial charge in [-0.2, -0.15) is 0 Å². The Kier molecular flexibility index (Phi) is 4.96. The molecule has 0 saturated carbocycles. The Bertz CT molecular complexity index is 542. The third kappa shape index (κ3) is 3.82. The van der Waals surface area contributed by atoms with E-state index in [2.05, 4.69) is 4.90 Å². The number of likely N-dealkylation sites (N-methyl/N-ethyl adjacent to an activating group) is 1. The normalized spacial score (nSPS) is 16.7.